The lowest BCUT2D eigenvalue weighted by molar-refractivity contribution is -0.133. The zero-order valence-corrected chi connectivity index (χ0v) is 8.71. The van der Waals surface area contributed by atoms with E-state index in [0.717, 1.165) is 0 Å². The van der Waals surface area contributed by atoms with Crippen molar-refractivity contribution in [1.29, 1.82) is 0 Å². The van der Waals surface area contributed by atoms with Gasteiger partial charge < -0.3 is 15.7 Å². The second-order valence-electron chi connectivity index (χ2n) is 3.76. The van der Waals surface area contributed by atoms with Crippen LogP contribution in [0.15, 0.2) is 0 Å². The Labute approximate surface area is 79.7 Å². The lowest BCUT2D eigenvalue weighted by Crippen LogP contribution is -2.42. The van der Waals surface area contributed by atoms with E-state index in [-0.39, 0.29) is 5.91 Å². The lowest BCUT2D eigenvalue weighted by Gasteiger charge is -2.28. The van der Waals surface area contributed by atoms with Crippen molar-refractivity contribution >= 4 is 5.91 Å². The van der Waals surface area contributed by atoms with E-state index >= 15 is 0 Å². The van der Waals surface area contributed by atoms with Crippen LogP contribution < -0.4 is 5.73 Å². The van der Waals surface area contributed by atoms with Gasteiger partial charge in [0.25, 0.3) is 0 Å². The predicted molar refractivity (Wildman–Crippen MR) is 52.2 cm³/mol. The number of amides is 1. The van der Waals surface area contributed by atoms with Crippen molar-refractivity contribution in [2.24, 2.45) is 5.73 Å². The number of aliphatic hydroxyl groups is 1. The summed E-state index contributed by atoms with van der Waals surface area (Å²) in [5, 5.41) is 9.51. The van der Waals surface area contributed by atoms with Gasteiger partial charge in [-0.2, -0.15) is 0 Å². The fourth-order valence-corrected chi connectivity index (χ4v) is 1.12. The minimum atomic E-state index is -0.833. The van der Waals surface area contributed by atoms with Gasteiger partial charge in [0.15, 0.2) is 0 Å². The van der Waals surface area contributed by atoms with Gasteiger partial charge in [-0.15, -0.1) is 0 Å². The van der Waals surface area contributed by atoms with Crippen molar-refractivity contribution < 1.29 is 9.90 Å². The Morgan fingerprint density at radius 2 is 2.08 bits per heavy atom. The third-order valence-corrected chi connectivity index (χ3v) is 1.67. The quantitative estimate of drug-likeness (QED) is 0.636. The number of carbonyl (C=O) groups excluding carboxylic acids is 1. The highest BCUT2D eigenvalue weighted by Crippen LogP contribution is 2.05. The minimum Gasteiger partial charge on any atom is -0.389 e. The Morgan fingerprint density at radius 3 is 2.38 bits per heavy atom. The van der Waals surface area contributed by atoms with Gasteiger partial charge >= 0.3 is 0 Å². The van der Waals surface area contributed by atoms with Crippen LogP contribution in [-0.2, 0) is 4.79 Å². The largest absolute Gasteiger partial charge is 0.389 e. The molecule has 0 aliphatic rings. The lowest BCUT2D eigenvalue weighted by atomic mass is 10.1. The van der Waals surface area contributed by atoms with Crippen LogP contribution in [0.4, 0.5) is 0 Å². The SMILES string of the molecule is CCN(CC(C)(C)O)C(=O)CCN. The Morgan fingerprint density at radius 1 is 1.54 bits per heavy atom. The van der Waals surface area contributed by atoms with Crippen molar-refractivity contribution in [3.05, 3.63) is 0 Å². The summed E-state index contributed by atoms with van der Waals surface area (Å²) in [4.78, 5) is 13.0. The molecule has 4 heteroatoms. The van der Waals surface area contributed by atoms with Crippen LogP contribution in [-0.4, -0.2) is 41.1 Å². The molecule has 0 aromatic carbocycles. The molecule has 0 atom stereocenters. The van der Waals surface area contributed by atoms with Gasteiger partial charge in [0.1, 0.15) is 0 Å². The van der Waals surface area contributed by atoms with Crippen molar-refractivity contribution in [2.45, 2.75) is 32.8 Å². The molecule has 0 spiro atoms. The summed E-state index contributed by atoms with van der Waals surface area (Å²) in [5.41, 5.74) is 4.44. The first-order chi connectivity index (χ1) is 5.90. The number of rotatable bonds is 5. The fraction of sp³-hybridized carbons (Fsp3) is 0.889. The molecule has 4 nitrogen and oxygen atoms in total. The fourth-order valence-electron chi connectivity index (χ4n) is 1.12. The van der Waals surface area contributed by atoms with Crippen molar-refractivity contribution in [3.8, 4) is 0 Å². The van der Waals surface area contributed by atoms with E-state index in [0.29, 0.717) is 26.1 Å². The van der Waals surface area contributed by atoms with Crippen LogP contribution in [0.3, 0.4) is 0 Å². The van der Waals surface area contributed by atoms with E-state index in [1.165, 1.54) is 0 Å². The first kappa shape index (κ1) is 12.4. The maximum atomic E-state index is 11.4. The third kappa shape index (κ3) is 5.60. The second-order valence-corrected chi connectivity index (χ2v) is 3.76. The summed E-state index contributed by atoms with van der Waals surface area (Å²) in [5.74, 6) is 0.00660. The summed E-state index contributed by atoms with van der Waals surface area (Å²) < 4.78 is 0. The van der Waals surface area contributed by atoms with Gasteiger partial charge in [-0.1, -0.05) is 0 Å². The molecular weight excluding hydrogens is 168 g/mol. The molecule has 0 aromatic rings. The molecule has 0 aliphatic carbocycles. The van der Waals surface area contributed by atoms with E-state index in [9.17, 15) is 9.90 Å². The summed E-state index contributed by atoms with van der Waals surface area (Å²) in [6, 6.07) is 0. The maximum absolute atomic E-state index is 11.4. The number of hydrogen-bond acceptors (Lipinski definition) is 3. The second kappa shape index (κ2) is 5.19. The van der Waals surface area contributed by atoms with E-state index in [2.05, 4.69) is 0 Å². The van der Waals surface area contributed by atoms with Gasteiger partial charge in [-0.05, 0) is 20.8 Å². The average molecular weight is 188 g/mol. The summed E-state index contributed by atoms with van der Waals surface area (Å²) in [7, 11) is 0. The molecule has 0 heterocycles. The minimum absolute atomic E-state index is 0.00660. The Bertz CT molecular complexity index is 163. The summed E-state index contributed by atoms with van der Waals surface area (Å²) in [6.07, 6.45) is 0.351. The molecule has 3 N–H and O–H groups in total. The highest BCUT2D eigenvalue weighted by Gasteiger charge is 2.20. The molecule has 78 valence electrons. The monoisotopic (exact) mass is 188 g/mol. The molecule has 0 aromatic heterocycles. The van der Waals surface area contributed by atoms with E-state index in [1.807, 2.05) is 6.92 Å². The molecule has 0 unspecified atom stereocenters. The number of hydrogen-bond donors (Lipinski definition) is 2. The van der Waals surface area contributed by atoms with E-state index < -0.39 is 5.60 Å². The molecule has 0 rings (SSSR count). The zero-order chi connectivity index (χ0) is 10.5. The van der Waals surface area contributed by atoms with Crippen molar-refractivity contribution in [1.82, 2.24) is 4.90 Å². The van der Waals surface area contributed by atoms with Gasteiger partial charge in [0.05, 0.1) is 5.60 Å². The van der Waals surface area contributed by atoms with Gasteiger partial charge in [-0.25, -0.2) is 0 Å². The molecule has 1 amide bonds. The van der Waals surface area contributed by atoms with Crippen LogP contribution in [0.1, 0.15) is 27.2 Å². The predicted octanol–water partition coefficient (Wildman–Crippen LogP) is -0.0454. The van der Waals surface area contributed by atoms with E-state index in [1.54, 1.807) is 18.7 Å². The average Bonchev–Trinajstić information content (AvgIpc) is 1.99. The van der Waals surface area contributed by atoms with Gasteiger partial charge in [0, 0.05) is 26.1 Å². The Kier molecular flexibility index (Phi) is 4.95. The normalized spacial score (nSPS) is 11.5. The van der Waals surface area contributed by atoms with Crippen LogP contribution >= 0.6 is 0 Å². The number of likely N-dealkylation sites (N-methyl/N-ethyl adjacent to an activating group) is 1. The van der Waals surface area contributed by atoms with Crippen LogP contribution in [0.5, 0.6) is 0 Å². The summed E-state index contributed by atoms with van der Waals surface area (Å²) >= 11 is 0. The Hall–Kier alpha value is -0.610. The third-order valence-electron chi connectivity index (χ3n) is 1.67. The highest BCUT2D eigenvalue weighted by atomic mass is 16.3. The molecule has 0 bridgehead atoms. The standard InChI is InChI=1S/C9H20N2O2/c1-4-11(7-9(2,3)13)8(12)5-6-10/h13H,4-7,10H2,1-3H3. The molecule has 0 aliphatic heterocycles. The molecule has 0 saturated carbocycles. The van der Waals surface area contributed by atoms with Crippen LogP contribution in [0, 0.1) is 0 Å². The Balaban J connectivity index is 4.10. The van der Waals surface area contributed by atoms with Crippen molar-refractivity contribution in [3.63, 3.8) is 0 Å². The molecule has 13 heavy (non-hydrogen) atoms. The van der Waals surface area contributed by atoms with Gasteiger partial charge in [-0.3, -0.25) is 4.79 Å². The van der Waals surface area contributed by atoms with Crippen LogP contribution in [0.25, 0.3) is 0 Å². The molecular formula is C9H20N2O2. The van der Waals surface area contributed by atoms with Crippen LogP contribution in [0.2, 0.25) is 0 Å². The van der Waals surface area contributed by atoms with Gasteiger partial charge in [0.2, 0.25) is 5.91 Å². The maximum Gasteiger partial charge on any atom is 0.223 e. The highest BCUT2D eigenvalue weighted by molar-refractivity contribution is 5.76. The number of carbonyl (C=O) groups is 1. The smallest absolute Gasteiger partial charge is 0.223 e. The summed E-state index contributed by atoms with van der Waals surface area (Å²) in [6.45, 7) is 6.60. The zero-order valence-electron chi connectivity index (χ0n) is 8.71. The van der Waals surface area contributed by atoms with E-state index in [4.69, 9.17) is 5.73 Å². The van der Waals surface area contributed by atoms with Crippen molar-refractivity contribution in [2.75, 3.05) is 19.6 Å². The molecule has 0 radical (unpaired) electrons. The number of nitrogens with two attached hydrogens (primary N) is 1. The number of nitrogens with zero attached hydrogens (tertiary/aromatic N) is 1. The first-order valence-corrected chi connectivity index (χ1v) is 4.61. The first-order valence-electron chi connectivity index (χ1n) is 4.61. The molecule has 0 fully saturated rings. The molecule has 0 saturated heterocycles. The topological polar surface area (TPSA) is 66.6 Å².